The molecule has 2 amide bonds. The Labute approximate surface area is 309 Å². The van der Waals surface area contributed by atoms with Gasteiger partial charge in [0, 0.05) is 36.0 Å². The number of rotatable bonds is 13. The summed E-state index contributed by atoms with van der Waals surface area (Å²) in [5.74, 6) is -4.43. The predicted octanol–water partition coefficient (Wildman–Crippen LogP) is 2.87. The number of anilines is 1. The first-order valence-electron chi connectivity index (χ1n) is 16.7. The number of aromatic hydroxyl groups is 2. The number of fused-ring (bicyclic) bond motifs is 1. The minimum absolute atomic E-state index is 0.0161. The lowest BCUT2D eigenvalue weighted by molar-refractivity contribution is -0.913. The molecule has 5 N–H and O–H groups in total. The van der Waals surface area contributed by atoms with Gasteiger partial charge in [-0.15, -0.1) is 23.1 Å². The second-order valence-corrected chi connectivity index (χ2v) is 16.9. The summed E-state index contributed by atoms with van der Waals surface area (Å²) in [7, 11) is 0. The van der Waals surface area contributed by atoms with Gasteiger partial charge in [-0.05, 0) is 38.8 Å². The Morgan fingerprint density at radius 1 is 1.24 bits per heavy atom. The van der Waals surface area contributed by atoms with Crippen LogP contribution in [0.3, 0.4) is 0 Å². The lowest BCUT2D eigenvalue weighted by Crippen LogP contribution is -2.64. The molecule has 5 rings (SSSR count). The van der Waals surface area contributed by atoms with E-state index in [1.807, 2.05) is 13.8 Å². The van der Waals surface area contributed by atoms with Crippen molar-refractivity contribution in [3.8, 4) is 11.5 Å². The van der Waals surface area contributed by atoms with E-state index < -0.39 is 52.0 Å². The molecule has 17 heteroatoms. The van der Waals surface area contributed by atoms with Gasteiger partial charge < -0.3 is 40.5 Å². The molecule has 276 valence electrons. The Kier molecular flexibility index (Phi) is 11.3. The number of likely N-dealkylation sites (tertiary alicyclic amines) is 1. The highest BCUT2D eigenvalue weighted by atomic mass is 35.5. The molecule has 1 aromatic heterocycles. The SMILES string of the molecule is CC(C)[C@@H](C[N+]1(CC2=C(C(=O)[O-])N3C(=O)[C@@H](CC(=O)/C(=N/OC(C)(C)C)c4csc(N)n4)[C@H]3SC2)CCCC1)NC(=O)c1ccc(O)c(O)c1Cl. The van der Waals surface area contributed by atoms with Crippen LogP contribution in [0.1, 0.15) is 69.9 Å². The fraction of sp³-hybridized carbons (Fsp3) is 0.529. The maximum atomic E-state index is 13.6. The number of nitrogens with zero attached hydrogens (tertiary/aromatic N) is 4. The van der Waals surface area contributed by atoms with Crippen molar-refractivity contribution in [3.05, 3.63) is 45.1 Å². The molecule has 0 radical (unpaired) electrons. The van der Waals surface area contributed by atoms with Crippen molar-refractivity contribution in [3.63, 3.8) is 0 Å². The topological polar surface area (TPSA) is 208 Å². The summed E-state index contributed by atoms with van der Waals surface area (Å²) in [6, 6.07) is 2.18. The van der Waals surface area contributed by atoms with Gasteiger partial charge in [-0.3, -0.25) is 19.3 Å². The number of ketones is 1. The Morgan fingerprint density at radius 3 is 2.51 bits per heavy atom. The van der Waals surface area contributed by atoms with Gasteiger partial charge in [-0.1, -0.05) is 30.6 Å². The van der Waals surface area contributed by atoms with Gasteiger partial charge in [0.1, 0.15) is 17.8 Å². The van der Waals surface area contributed by atoms with Crippen molar-refractivity contribution in [2.75, 3.05) is 37.7 Å². The van der Waals surface area contributed by atoms with Crippen LogP contribution in [-0.4, -0.2) is 103 Å². The van der Waals surface area contributed by atoms with Crippen molar-refractivity contribution in [2.24, 2.45) is 17.0 Å². The summed E-state index contributed by atoms with van der Waals surface area (Å²) >= 11 is 8.72. The monoisotopic (exact) mass is 762 g/mol. The third-order valence-corrected chi connectivity index (χ3v) is 11.7. The van der Waals surface area contributed by atoms with E-state index >= 15 is 0 Å². The van der Waals surface area contributed by atoms with Crippen LogP contribution in [0.4, 0.5) is 5.13 Å². The van der Waals surface area contributed by atoms with E-state index in [1.54, 1.807) is 26.2 Å². The normalized spacial score (nSPS) is 21.0. The van der Waals surface area contributed by atoms with Gasteiger partial charge in [0.2, 0.25) is 5.91 Å². The molecule has 0 spiro atoms. The van der Waals surface area contributed by atoms with Gasteiger partial charge in [-0.2, -0.15) is 0 Å². The Morgan fingerprint density at radius 2 is 1.92 bits per heavy atom. The fourth-order valence-corrected chi connectivity index (χ4v) is 8.87. The number of carbonyl (C=O) groups excluding carboxylic acids is 4. The number of hydrogen-bond donors (Lipinski definition) is 4. The number of aromatic nitrogens is 1. The molecular formula is C34H43ClN6O8S2. The quantitative estimate of drug-likeness (QED) is 0.0767. The number of halogens is 1. The van der Waals surface area contributed by atoms with Gasteiger partial charge in [0.25, 0.3) is 5.91 Å². The number of β-lactam (4-membered cyclic amide) rings is 1. The fourth-order valence-electron chi connectivity index (χ4n) is 6.68. The van der Waals surface area contributed by atoms with E-state index in [2.05, 4.69) is 15.5 Å². The smallest absolute Gasteiger partial charge is 0.253 e. The van der Waals surface area contributed by atoms with E-state index in [4.69, 9.17) is 22.2 Å². The molecule has 2 fully saturated rings. The third-order valence-electron chi connectivity index (χ3n) is 9.28. The molecule has 1 aromatic carbocycles. The molecule has 3 atom stereocenters. The molecule has 0 saturated carbocycles. The standard InChI is InChI=1S/C34H43ClN6O8S2/c1-17(2)21(37-29(45)19-8-9-23(42)28(44)25(19)35)14-41(10-6-7-11-41)13-18-15-50-31-20(30(46)40(31)27(18)32(47)48)12-24(43)26(39-49-34(3,4)5)22-16-51-33(36)38-22/h8-9,16-17,20-21,31H,6-7,10-15H2,1-5H3,(H5-,36,37,38,39,42,43,44,45,47,48)/t20-,21-,31-/m1/s1. The zero-order valence-electron chi connectivity index (χ0n) is 29.1. The molecule has 2 saturated heterocycles. The van der Waals surface area contributed by atoms with Crippen LogP contribution in [-0.2, 0) is 19.2 Å². The number of benzene rings is 1. The molecular weight excluding hydrogens is 720 g/mol. The minimum atomic E-state index is -1.46. The number of amides is 2. The Bertz CT molecular complexity index is 1780. The zero-order valence-corrected chi connectivity index (χ0v) is 31.5. The number of carboxylic acid groups (broad SMARTS) is 1. The van der Waals surface area contributed by atoms with E-state index in [0.29, 0.717) is 28.9 Å². The predicted molar refractivity (Wildman–Crippen MR) is 192 cm³/mol. The number of carbonyl (C=O) groups is 4. The number of nitrogen functional groups attached to an aromatic ring is 1. The van der Waals surface area contributed by atoms with E-state index in [-0.39, 0.29) is 51.2 Å². The number of quaternary nitrogens is 1. The highest BCUT2D eigenvalue weighted by molar-refractivity contribution is 8.00. The number of aliphatic carboxylic acids is 1. The number of nitrogens with two attached hydrogens (primary N) is 1. The highest BCUT2D eigenvalue weighted by Gasteiger charge is 2.54. The lowest BCUT2D eigenvalue weighted by atomic mass is 9.89. The van der Waals surface area contributed by atoms with Crippen LogP contribution >= 0.6 is 34.7 Å². The number of Topliss-reactive ketones (excluding diaryl/α,β-unsaturated/α-hetero) is 1. The van der Waals surface area contributed by atoms with Crippen molar-refractivity contribution < 1.29 is 43.8 Å². The first-order chi connectivity index (χ1) is 23.9. The largest absolute Gasteiger partial charge is 0.543 e. The van der Waals surface area contributed by atoms with E-state index in [0.717, 1.165) is 37.3 Å². The van der Waals surface area contributed by atoms with Crippen LogP contribution in [0.15, 0.2) is 33.9 Å². The van der Waals surface area contributed by atoms with Crippen molar-refractivity contribution in [2.45, 2.75) is 70.9 Å². The summed E-state index contributed by atoms with van der Waals surface area (Å²) in [6.07, 6.45) is 1.59. The maximum absolute atomic E-state index is 13.6. The van der Waals surface area contributed by atoms with Gasteiger partial charge in [-0.25, -0.2) is 4.98 Å². The number of oxime groups is 1. The number of thioether (sulfide) groups is 1. The average molecular weight is 763 g/mol. The average Bonchev–Trinajstić information content (AvgIpc) is 3.70. The lowest BCUT2D eigenvalue weighted by Gasteiger charge is -2.51. The summed E-state index contributed by atoms with van der Waals surface area (Å²) in [6.45, 7) is 11.6. The van der Waals surface area contributed by atoms with E-state index in [9.17, 15) is 34.5 Å². The molecule has 2 aromatic rings. The third kappa shape index (κ3) is 8.29. The maximum Gasteiger partial charge on any atom is 0.253 e. The molecule has 4 heterocycles. The minimum Gasteiger partial charge on any atom is -0.543 e. The Balaban J connectivity index is 1.35. The number of thiazole rings is 1. The summed E-state index contributed by atoms with van der Waals surface area (Å²) in [5, 5.41) is 40.6. The van der Waals surface area contributed by atoms with Crippen LogP contribution in [0.25, 0.3) is 0 Å². The summed E-state index contributed by atoms with van der Waals surface area (Å²) in [4.78, 5) is 64.1. The van der Waals surface area contributed by atoms with Crippen molar-refractivity contribution >= 4 is 69.1 Å². The zero-order chi connectivity index (χ0) is 37.4. The van der Waals surface area contributed by atoms with Crippen molar-refractivity contribution in [1.82, 2.24) is 15.2 Å². The van der Waals surface area contributed by atoms with Crippen molar-refractivity contribution in [1.29, 1.82) is 0 Å². The summed E-state index contributed by atoms with van der Waals surface area (Å²) < 4.78 is 0.489. The molecule has 0 aliphatic carbocycles. The Hall–Kier alpha value is -3.86. The number of phenolic OH excluding ortho intramolecular Hbond substituents is 2. The first-order valence-corrected chi connectivity index (χ1v) is 19.0. The molecule has 3 aliphatic heterocycles. The molecule has 51 heavy (non-hydrogen) atoms. The second kappa shape index (κ2) is 15.0. The van der Waals surface area contributed by atoms with Crippen LogP contribution in [0.5, 0.6) is 11.5 Å². The van der Waals surface area contributed by atoms with E-state index in [1.165, 1.54) is 28.8 Å². The number of nitrogens with one attached hydrogen (secondary N) is 1. The summed E-state index contributed by atoms with van der Waals surface area (Å²) in [5.41, 5.74) is 5.71. The number of carboxylic acids is 1. The second-order valence-electron chi connectivity index (χ2n) is 14.6. The van der Waals surface area contributed by atoms with Gasteiger partial charge in [0.15, 0.2) is 28.1 Å². The van der Waals surface area contributed by atoms with Crippen LogP contribution in [0.2, 0.25) is 5.02 Å². The molecule has 3 aliphatic rings. The van der Waals surface area contributed by atoms with Crippen LogP contribution in [0, 0.1) is 11.8 Å². The van der Waals surface area contributed by atoms with Crippen LogP contribution < -0.4 is 16.2 Å². The first kappa shape index (κ1) is 38.4. The number of hydrogen-bond acceptors (Lipinski definition) is 13. The highest BCUT2D eigenvalue weighted by Crippen LogP contribution is 2.46. The van der Waals surface area contributed by atoms with Gasteiger partial charge >= 0.3 is 0 Å². The number of phenols is 2. The van der Waals surface area contributed by atoms with Gasteiger partial charge in [0.05, 0.1) is 59.2 Å². The molecule has 0 bridgehead atoms. The molecule has 0 unspecified atom stereocenters. The molecule has 14 nitrogen and oxygen atoms in total.